The molecule has 0 amide bonds. The first-order chi connectivity index (χ1) is 8.40. The van der Waals surface area contributed by atoms with Gasteiger partial charge in [0, 0.05) is 22.5 Å². The van der Waals surface area contributed by atoms with Crippen LogP contribution in [0.4, 0.5) is 5.82 Å². The van der Waals surface area contributed by atoms with Crippen molar-refractivity contribution in [3.63, 3.8) is 0 Å². The van der Waals surface area contributed by atoms with Crippen LogP contribution in [0.1, 0.15) is 6.92 Å². The second-order valence-electron chi connectivity index (χ2n) is 3.62. The lowest BCUT2D eigenvalue weighted by atomic mass is 10.4. The fourth-order valence-electron chi connectivity index (χ4n) is 1.35. The minimum absolute atomic E-state index is 0.0207. The van der Waals surface area contributed by atoms with Gasteiger partial charge >= 0.3 is 0 Å². The Morgan fingerprint density at radius 3 is 2.83 bits per heavy atom. The molecule has 0 radical (unpaired) electrons. The number of hydrazine groups is 1. The number of thioether (sulfide) groups is 1. The highest BCUT2D eigenvalue weighted by Gasteiger charge is 2.22. The summed E-state index contributed by atoms with van der Waals surface area (Å²) in [7, 11) is -3.65. The van der Waals surface area contributed by atoms with E-state index in [1.165, 1.54) is 12.3 Å². The third-order valence-electron chi connectivity index (χ3n) is 2.02. The summed E-state index contributed by atoms with van der Waals surface area (Å²) in [4.78, 5) is 3.93. The molecule has 6 nitrogen and oxygen atoms in total. The van der Waals surface area contributed by atoms with Crippen molar-refractivity contribution in [3.8, 4) is 0 Å². The van der Waals surface area contributed by atoms with Gasteiger partial charge in [0.25, 0.3) is 0 Å². The van der Waals surface area contributed by atoms with E-state index in [9.17, 15) is 8.42 Å². The zero-order valence-electron chi connectivity index (χ0n) is 9.97. The van der Waals surface area contributed by atoms with Gasteiger partial charge in [-0.25, -0.2) is 24.0 Å². The quantitative estimate of drug-likeness (QED) is 0.523. The number of nitrogens with one attached hydrogen (secondary N) is 2. The molecule has 1 aromatic rings. The lowest BCUT2D eigenvalue weighted by Crippen LogP contribution is -2.35. The van der Waals surface area contributed by atoms with Crippen molar-refractivity contribution in [2.45, 2.75) is 17.9 Å². The maximum Gasteiger partial charge on any atom is 0.244 e. The molecule has 0 saturated heterocycles. The molecule has 0 bridgehead atoms. The van der Waals surface area contributed by atoms with E-state index in [4.69, 9.17) is 5.84 Å². The van der Waals surface area contributed by atoms with Crippen LogP contribution in [-0.4, -0.2) is 31.5 Å². The molecular formula is C9H15BrN4O2S2. The monoisotopic (exact) mass is 354 g/mol. The van der Waals surface area contributed by atoms with Gasteiger partial charge in [0.05, 0.1) is 0 Å². The molecule has 0 aliphatic rings. The van der Waals surface area contributed by atoms with Gasteiger partial charge < -0.3 is 5.43 Å². The number of nitrogen functional groups attached to an aromatic ring is 1. The number of sulfonamides is 1. The van der Waals surface area contributed by atoms with Crippen LogP contribution in [0.25, 0.3) is 0 Å². The predicted molar refractivity (Wildman–Crippen MR) is 77.9 cm³/mol. The minimum atomic E-state index is -3.65. The van der Waals surface area contributed by atoms with Crippen molar-refractivity contribution in [2.75, 3.05) is 17.4 Å². The van der Waals surface area contributed by atoms with E-state index in [0.717, 1.165) is 0 Å². The molecule has 9 heteroatoms. The number of halogens is 1. The van der Waals surface area contributed by atoms with Gasteiger partial charge in [-0.1, -0.05) is 0 Å². The number of nitrogens with zero attached hydrogens (tertiary/aromatic N) is 1. The third-order valence-corrected chi connectivity index (χ3v) is 4.89. The molecule has 0 aromatic carbocycles. The molecule has 0 saturated carbocycles. The molecule has 1 heterocycles. The molecule has 0 aliphatic carbocycles. The molecule has 1 rings (SSSR count). The van der Waals surface area contributed by atoms with Gasteiger partial charge in [-0.3, -0.25) is 0 Å². The van der Waals surface area contributed by atoms with Crippen LogP contribution in [0, 0.1) is 0 Å². The summed E-state index contributed by atoms with van der Waals surface area (Å²) in [6.45, 7) is 1.80. The van der Waals surface area contributed by atoms with Gasteiger partial charge in [0.1, 0.15) is 4.90 Å². The fourth-order valence-corrected chi connectivity index (χ4v) is 3.91. The van der Waals surface area contributed by atoms with Crippen LogP contribution in [0.15, 0.2) is 21.6 Å². The van der Waals surface area contributed by atoms with Crippen LogP contribution in [0.2, 0.25) is 0 Å². The maximum atomic E-state index is 12.2. The number of pyridine rings is 1. The average molecular weight is 355 g/mol. The number of hydrogen-bond acceptors (Lipinski definition) is 6. The zero-order valence-corrected chi connectivity index (χ0v) is 13.2. The Morgan fingerprint density at radius 1 is 1.61 bits per heavy atom. The number of hydrogen-bond donors (Lipinski definition) is 3. The van der Waals surface area contributed by atoms with Crippen molar-refractivity contribution in [1.29, 1.82) is 0 Å². The molecule has 0 spiro atoms. The van der Waals surface area contributed by atoms with Gasteiger partial charge in [0.2, 0.25) is 10.0 Å². The van der Waals surface area contributed by atoms with Gasteiger partial charge in [0.15, 0.2) is 5.82 Å². The normalized spacial score (nSPS) is 13.3. The zero-order chi connectivity index (χ0) is 13.8. The lowest BCUT2D eigenvalue weighted by Gasteiger charge is -2.14. The number of rotatable bonds is 6. The van der Waals surface area contributed by atoms with Crippen molar-refractivity contribution >= 4 is 43.5 Å². The molecule has 1 aromatic heterocycles. The summed E-state index contributed by atoms with van der Waals surface area (Å²) in [6, 6.07) is 1.28. The largest absolute Gasteiger partial charge is 0.307 e. The van der Waals surface area contributed by atoms with E-state index >= 15 is 0 Å². The number of aromatic nitrogens is 1. The maximum absolute atomic E-state index is 12.2. The Hall–Kier alpha value is -0.350. The van der Waals surface area contributed by atoms with Crippen molar-refractivity contribution in [1.82, 2.24) is 9.71 Å². The van der Waals surface area contributed by atoms with Crippen molar-refractivity contribution in [3.05, 3.63) is 16.7 Å². The first-order valence-corrected chi connectivity index (χ1v) is 8.71. The van der Waals surface area contributed by atoms with E-state index in [0.29, 0.717) is 10.2 Å². The standard InChI is InChI=1S/C9H15BrN4O2S2/c1-6(5-17-2)14-18(15,16)8-3-7(10)4-12-9(8)13-11/h3-4,6,14H,5,11H2,1-2H3,(H,12,13). The molecule has 0 aliphatic heterocycles. The summed E-state index contributed by atoms with van der Waals surface area (Å²) in [5.41, 5.74) is 2.28. The molecule has 1 atom stereocenters. The summed E-state index contributed by atoms with van der Waals surface area (Å²) < 4.78 is 27.5. The van der Waals surface area contributed by atoms with Crippen LogP contribution in [0.3, 0.4) is 0 Å². The lowest BCUT2D eigenvalue weighted by molar-refractivity contribution is 0.571. The van der Waals surface area contributed by atoms with Crippen molar-refractivity contribution in [2.24, 2.45) is 5.84 Å². The van der Waals surface area contributed by atoms with Gasteiger partial charge in [-0.05, 0) is 35.2 Å². The van der Waals surface area contributed by atoms with Crippen LogP contribution >= 0.6 is 27.7 Å². The fraction of sp³-hybridized carbons (Fsp3) is 0.444. The van der Waals surface area contributed by atoms with E-state index in [1.807, 2.05) is 6.26 Å². The Labute approximate surface area is 119 Å². The SMILES string of the molecule is CSCC(C)NS(=O)(=O)c1cc(Br)cnc1NN. The first-order valence-electron chi connectivity index (χ1n) is 5.04. The van der Waals surface area contributed by atoms with Crippen molar-refractivity contribution < 1.29 is 8.42 Å². The highest BCUT2D eigenvalue weighted by Crippen LogP contribution is 2.22. The second-order valence-corrected chi connectivity index (χ2v) is 7.13. The third kappa shape index (κ3) is 4.09. The van der Waals surface area contributed by atoms with E-state index in [-0.39, 0.29) is 16.8 Å². The predicted octanol–water partition coefficient (Wildman–Crippen LogP) is 1.16. The first kappa shape index (κ1) is 15.7. The highest BCUT2D eigenvalue weighted by atomic mass is 79.9. The van der Waals surface area contributed by atoms with E-state index in [2.05, 4.69) is 31.1 Å². The number of anilines is 1. The summed E-state index contributed by atoms with van der Waals surface area (Å²) in [6.07, 6.45) is 3.39. The van der Waals surface area contributed by atoms with Gasteiger partial charge in [-0.15, -0.1) is 0 Å². The highest BCUT2D eigenvalue weighted by molar-refractivity contribution is 9.10. The summed E-state index contributed by atoms with van der Waals surface area (Å²) >= 11 is 4.75. The Bertz CT molecular complexity index is 509. The summed E-state index contributed by atoms with van der Waals surface area (Å²) in [5, 5.41) is 0. The van der Waals surface area contributed by atoms with Crippen LogP contribution in [-0.2, 0) is 10.0 Å². The molecule has 1 unspecified atom stereocenters. The molecular weight excluding hydrogens is 340 g/mol. The smallest absolute Gasteiger partial charge is 0.244 e. The Kier molecular flexibility index (Phi) is 5.86. The number of nitrogens with two attached hydrogens (primary N) is 1. The van der Waals surface area contributed by atoms with Crippen LogP contribution in [0.5, 0.6) is 0 Å². The second kappa shape index (κ2) is 6.71. The Balaban J connectivity index is 3.07. The molecule has 18 heavy (non-hydrogen) atoms. The molecule has 4 N–H and O–H groups in total. The van der Waals surface area contributed by atoms with E-state index < -0.39 is 10.0 Å². The van der Waals surface area contributed by atoms with Gasteiger partial charge in [-0.2, -0.15) is 11.8 Å². The molecule has 102 valence electrons. The minimum Gasteiger partial charge on any atom is -0.307 e. The average Bonchev–Trinajstić information content (AvgIpc) is 2.28. The molecule has 0 fully saturated rings. The van der Waals surface area contributed by atoms with E-state index in [1.54, 1.807) is 18.7 Å². The summed E-state index contributed by atoms with van der Waals surface area (Å²) in [5.74, 6) is 6.06. The topological polar surface area (TPSA) is 97.1 Å². The van der Waals surface area contributed by atoms with Crippen LogP contribution < -0.4 is 16.0 Å². The Morgan fingerprint density at radius 2 is 2.28 bits per heavy atom.